The Morgan fingerprint density at radius 1 is 1.35 bits per heavy atom. The molecule has 2 rings (SSSR count). The number of hydrogen-bond acceptors (Lipinski definition) is 3. The highest BCUT2D eigenvalue weighted by Crippen LogP contribution is 2.22. The molecule has 3 radical (unpaired) electrons. The monoisotopic (exact) mass is 249 g/mol. The predicted molar refractivity (Wildman–Crippen MR) is 66.2 cm³/mol. The van der Waals surface area contributed by atoms with Crippen LogP contribution in [0.3, 0.4) is 0 Å². The van der Waals surface area contributed by atoms with Crippen LogP contribution in [0.15, 0.2) is 34.7 Å². The van der Waals surface area contributed by atoms with Gasteiger partial charge in [-0.15, -0.1) is 0 Å². The van der Waals surface area contributed by atoms with Crippen LogP contribution in [0.2, 0.25) is 0 Å². The van der Waals surface area contributed by atoms with Gasteiger partial charge >= 0.3 is 5.97 Å². The molecule has 0 aliphatic carbocycles. The molecule has 0 bridgehead atoms. The van der Waals surface area contributed by atoms with E-state index in [0.717, 1.165) is 17.4 Å². The molecule has 0 atom stereocenters. The molecule has 5 heteroatoms. The highest BCUT2D eigenvalue weighted by atomic mass is 27.0. The van der Waals surface area contributed by atoms with E-state index in [-0.39, 0.29) is 23.3 Å². The molecule has 0 aliphatic heterocycles. The Labute approximate surface area is 110 Å². The highest BCUT2D eigenvalue weighted by Gasteiger charge is 1.97. The molecular formula is C12H14AlO4. The van der Waals surface area contributed by atoms with Gasteiger partial charge in [0.2, 0.25) is 0 Å². The first-order valence-electron chi connectivity index (χ1n) is 5.02. The zero-order valence-electron chi connectivity index (χ0n) is 9.59. The van der Waals surface area contributed by atoms with Gasteiger partial charge in [-0.25, -0.2) is 0 Å². The molecule has 2 aromatic rings. The molecule has 2 N–H and O–H groups in total. The van der Waals surface area contributed by atoms with Crippen molar-refractivity contribution in [1.82, 2.24) is 0 Å². The van der Waals surface area contributed by atoms with E-state index in [0.29, 0.717) is 6.42 Å². The van der Waals surface area contributed by atoms with Gasteiger partial charge in [0, 0.05) is 35.2 Å². The Kier molecular flexibility index (Phi) is 7.12. The largest absolute Gasteiger partial charge is 0.481 e. The maximum absolute atomic E-state index is 9.60. The third-order valence-electron chi connectivity index (χ3n) is 1.88. The van der Waals surface area contributed by atoms with E-state index in [1.807, 2.05) is 31.2 Å². The van der Waals surface area contributed by atoms with E-state index in [1.54, 1.807) is 6.07 Å². The molecule has 1 aromatic heterocycles. The summed E-state index contributed by atoms with van der Waals surface area (Å²) in [5.74, 6) is -0.737. The van der Waals surface area contributed by atoms with E-state index in [9.17, 15) is 4.79 Å². The first kappa shape index (κ1) is 15.6. The Morgan fingerprint density at radius 2 is 2.00 bits per heavy atom. The molecule has 1 aromatic carbocycles. The van der Waals surface area contributed by atoms with Crippen molar-refractivity contribution in [3.8, 4) is 5.95 Å². The molecule has 0 amide bonds. The Hall–Kier alpha value is -1.44. The van der Waals surface area contributed by atoms with Crippen LogP contribution in [0.25, 0.3) is 11.0 Å². The second-order valence-electron chi connectivity index (χ2n) is 3.27. The minimum Gasteiger partial charge on any atom is -0.481 e. The summed E-state index contributed by atoms with van der Waals surface area (Å²) in [5, 5.41) is 17.7. The Morgan fingerprint density at radius 3 is 2.47 bits per heavy atom. The summed E-state index contributed by atoms with van der Waals surface area (Å²) in [6.07, 6.45) is 1.02. The SMILES string of the molecule is CCCC(=O)O.Oc1cc2ccccc2o1.[Al]. The van der Waals surface area contributed by atoms with Gasteiger partial charge in [0.05, 0.1) is 0 Å². The van der Waals surface area contributed by atoms with E-state index in [2.05, 4.69) is 0 Å². The molecule has 0 aliphatic rings. The summed E-state index contributed by atoms with van der Waals surface area (Å²) in [5.41, 5.74) is 0.722. The third kappa shape index (κ3) is 5.44. The lowest BCUT2D eigenvalue weighted by molar-refractivity contribution is -0.137. The number of carboxylic acids is 1. The van der Waals surface area contributed by atoms with Crippen molar-refractivity contribution in [1.29, 1.82) is 0 Å². The smallest absolute Gasteiger partial charge is 0.303 e. The lowest BCUT2D eigenvalue weighted by Gasteiger charge is -1.81. The molecule has 0 saturated carbocycles. The zero-order chi connectivity index (χ0) is 12.0. The van der Waals surface area contributed by atoms with Crippen molar-refractivity contribution >= 4 is 34.3 Å². The fourth-order valence-electron chi connectivity index (χ4n) is 1.18. The minimum absolute atomic E-state index is 0. The standard InChI is InChI=1S/C8H6O2.C4H8O2.Al/c9-8-5-6-3-1-2-4-7(6)10-8;1-2-3-4(5)6;/h1-5,9H;2-3H2,1H3,(H,5,6);. The normalized spacial score (nSPS) is 9.00. The van der Waals surface area contributed by atoms with E-state index < -0.39 is 5.97 Å². The van der Waals surface area contributed by atoms with Gasteiger partial charge in [0.15, 0.2) is 0 Å². The van der Waals surface area contributed by atoms with Crippen molar-refractivity contribution in [3.05, 3.63) is 30.3 Å². The van der Waals surface area contributed by atoms with Gasteiger partial charge in [-0.1, -0.05) is 25.1 Å². The first-order chi connectivity index (χ1) is 7.63. The summed E-state index contributed by atoms with van der Waals surface area (Å²) >= 11 is 0. The summed E-state index contributed by atoms with van der Waals surface area (Å²) in [6.45, 7) is 1.84. The van der Waals surface area contributed by atoms with Crippen LogP contribution in [0.1, 0.15) is 19.8 Å². The highest BCUT2D eigenvalue weighted by molar-refractivity contribution is 5.78. The zero-order valence-corrected chi connectivity index (χ0v) is 10.7. The lowest BCUT2D eigenvalue weighted by atomic mass is 10.3. The number of fused-ring (bicyclic) bond motifs is 1. The van der Waals surface area contributed by atoms with Gasteiger partial charge < -0.3 is 14.6 Å². The predicted octanol–water partition coefficient (Wildman–Crippen LogP) is 2.63. The third-order valence-corrected chi connectivity index (χ3v) is 1.88. The lowest BCUT2D eigenvalue weighted by Crippen LogP contribution is -1.90. The number of carboxylic acid groups (broad SMARTS) is 1. The Bertz CT molecular complexity index is 431. The van der Waals surface area contributed by atoms with Gasteiger partial charge in [0.1, 0.15) is 5.58 Å². The van der Waals surface area contributed by atoms with E-state index in [4.69, 9.17) is 14.6 Å². The van der Waals surface area contributed by atoms with Crippen molar-refractivity contribution in [3.63, 3.8) is 0 Å². The summed E-state index contributed by atoms with van der Waals surface area (Å²) in [7, 11) is 0. The summed E-state index contributed by atoms with van der Waals surface area (Å²) in [4.78, 5) is 9.60. The van der Waals surface area contributed by atoms with Gasteiger partial charge in [-0.3, -0.25) is 4.79 Å². The number of para-hydroxylation sites is 1. The first-order valence-corrected chi connectivity index (χ1v) is 5.02. The van der Waals surface area contributed by atoms with Crippen LogP contribution in [0.5, 0.6) is 5.95 Å². The van der Waals surface area contributed by atoms with Crippen LogP contribution < -0.4 is 0 Å². The van der Waals surface area contributed by atoms with Crippen LogP contribution in [0, 0.1) is 0 Å². The topological polar surface area (TPSA) is 70.7 Å². The van der Waals surface area contributed by atoms with Crippen molar-refractivity contribution in [2.45, 2.75) is 19.8 Å². The fraction of sp³-hybridized carbons (Fsp3) is 0.250. The maximum Gasteiger partial charge on any atom is 0.303 e. The van der Waals surface area contributed by atoms with Crippen molar-refractivity contribution < 1.29 is 19.4 Å². The van der Waals surface area contributed by atoms with E-state index in [1.165, 1.54) is 0 Å². The summed E-state index contributed by atoms with van der Waals surface area (Å²) in [6, 6.07) is 9.06. The number of furan rings is 1. The average molecular weight is 249 g/mol. The molecule has 0 fully saturated rings. The molecule has 17 heavy (non-hydrogen) atoms. The quantitative estimate of drug-likeness (QED) is 0.802. The molecule has 89 valence electrons. The molecular weight excluding hydrogens is 235 g/mol. The van der Waals surface area contributed by atoms with Crippen molar-refractivity contribution in [2.24, 2.45) is 0 Å². The molecule has 1 heterocycles. The second kappa shape index (κ2) is 7.77. The number of aliphatic carboxylic acids is 1. The molecule has 0 saturated heterocycles. The molecule has 0 spiro atoms. The number of rotatable bonds is 2. The summed E-state index contributed by atoms with van der Waals surface area (Å²) < 4.78 is 4.92. The van der Waals surface area contributed by atoms with Gasteiger partial charge in [0.25, 0.3) is 5.95 Å². The van der Waals surface area contributed by atoms with Crippen LogP contribution in [0.4, 0.5) is 0 Å². The molecule has 0 unspecified atom stereocenters. The van der Waals surface area contributed by atoms with Crippen LogP contribution in [-0.2, 0) is 4.79 Å². The minimum atomic E-state index is -0.711. The number of aromatic hydroxyl groups is 1. The number of hydrogen-bond donors (Lipinski definition) is 2. The number of carbonyl (C=O) groups is 1. The van der Waals surface area contributed by atoms with Crippen molar-refractivity contribution in [2.75, 3.05) is 0 Å². The Balaban J connectivity index is 0.000000324. The van der Waals surface area contributed by atoms with Gasteiger partial charge in [-0.2, -0.15) is 0 Å². The van der Waals surface area contributed by atoms with Crippen LogP contribution in [-0.4, -0.2) is 33.5 Å². The fourth-order valence-corrected chi connectivity index (χ4v) is 1.18. The average Bonchev–Trinajstić information content (AvgIpc) is 2.58. The second-order valence-corrected chi connectivity index (χ2v) is 3.27. The maximum atomic E-state index is 9.60. The number of benzene rings is 1. The van der Waals surface area contributed by atoms with E-state index >= 15 is 0 Å². The van der Waals surface area contributed by atoms with Crippen LogP contribution >= 0.6 is 0 Å². The molecule has 4 nitrogen and oxygen atoms in total. The van der Waals surface area contributed by atoms with Gasteiger partial charge in [-0.05, 0) is 12.5 Å².